The number of hydrogen-bond acceptors (Lipinski definition) is 5. The summed E-state index contributed by atoms with van der Waals surface area (Å²) in [5, 5.41) is 3.60. The van der Waals surface area contributed by atoms with Crippen molar-refractivity contribution in [2.45, 2.75) is 64.1 Å². The molecule has 0 radical (unpaired) electrons. The number of amides is 2. The van der Waals surface area contributed by atoms with E-state index in [-0.39, 0.29) is 35.5 Å². The largest absolute Gasteiger partial charge is 0.497 e. The van der Waals surface area contributed by atoms with E-state index in [4.69, 9.17) is 27.9 Å². The van der Waals surface area contributed by atoms with Crippen LogP contribution in [0.25, 0.3) is 0 Å². The first-order valence-corrected chi connectivity index (χ1v) is 15.9. The van der Waals surface area contributed by atoms with Crippen LogP contribution in [0.5, 0.6) is 5.75 Å². The summed E-state index contributed by atoms with van der Waals surface area (Å²) in [6, 6.07) is 16.8. The molecule has 3 rings (SSSR count). The number of carbonyl (C=O) groups excluding carboxylic acids is 2. The maximum Gasteiger partial charge on any atom is 0.264 e. The van der Waals surface area contributed by atoms with Crippen LogP contribution in [-0.2, 0) is 26.2 Å². The Morgan fingerprint density at radius 2 is 1.57 bits per heavy atom. The number of nitrogens with zero attached hydrogens (tertiary/aromatic N) is 2. The molecule has 0 heterocycles. The van der Waals surface area contributed by atoms with Gasteiger partial charge >= 0.3 is 0 Å². The average molecular weight is 635 g/mol. The third-order valence-electron chi connectivity index (χ3n) is 7.01. The van der Waals surface area contributed by atoms with Gasteiger partial charge in [0.05, 0.1) is 17.7 Å². The fourth-order valence-electron chi connectivity index (χ4n) is 4.35. The minimum absolute atomic E-state index is 0.0194. The summed E-state index contributed by atoms with van der Waals surface area (Å²) in [6.45, 7) is 6.78. The van der Waals surface area contributed by atoms with Gasteiger partial charge in [-0.2, -0.15) is 0 Å². The lowest BCUT2D eigenvalue weighted by Crippen LogP contribution is -2.53. The Morgan fingerprint density at radius 1 is 0.952 bits per heavy atom. The molecule has 42 heavy (non-hydrogen) atoms. The molecule has 3 aromatic carbocycles. The van der Waals surface area contributed by atoms with Crippen LogP contribution >= 0.6 is 23.2 Å². The van der Waals surface area contributed by atoms with E-state index < -0.39 is 28.5 Å². The first kappa shape index (κ1) is 33.2. The van der Waals surface area contributed by atoms with Crippen LogP contribution in [-0.4, -0.2) is 50.9 Å². The zero-order chi connectivity index (χ0) is 31.0. The van der Waals surface area contributed by atoms with E-state index in [1.807, 2.05) is 20.8 Å². The van der Waals surface area contributed by atoms with Crippen molar-refractivity contribution in [3.05, 3.63) is 87.9 Å². The SMILES string of the molecule is CC[C@H](C)NC(=O)[C@H](CC)N(Cc1c(Cl)cccc1Cl)C(=O)CN(c1cccc(OC)c1)S(=O)(=O)c1ccc(C)cc1. The molecule has 0 spiro atoms. The van der Waals surface area contributed by atoms with Crippen LogP contribution in [0.15, 0.2) is 71.6 Å². The summed E-state index contributed by atoms with van der Waals surface area (Å²) in [7, 11) is -2.74. The van der Waals surface area contributed by atoms with Crippen LogP contribution < -0.4 is 14.4 Å². The molecule has 2 amide bonds. The summed E-state index contributed by atoms with van der Waals surface area (Å²) in [6.07, 6.45) is 0.977. The maximum absolute atomic E-state index is 14.2. The third-order valence-corrected chi connectivity index (χ3v) is 9.50. The van der Waals surface area contributed by atoms with Crippen molar-refractivity contribution in [2.75, 3.05) is 18.0 Å². The van der Waals surface area contributed by atoms with E-state index in [1.54, 1.807) is 61.5 Å². The summed E-state index contributed by atoms with van der Waals surface area (Å²) in [5.74, 6) is -0.531. The first-order chi connectivity index (χ1) is 19.9. The molecule has 0 aromatic heterocycles. The van der Waals surface area contributed by atoms with Crippen molar-refractivity contribution < 1.29 is 22.7 Å². The Bertz CT molecular complexity index is 1480. The average Bonchev–Trinajstić information content (AvgIpc) is 2.97. The number of carbonyl (C=O) groups is 2. The molecule has 0 saturated heterocycles. The fraction of sp³-hybridized carbons (Fsp3) is 0.355. The number of hydrogen-bond donors (Lipinski definition) is 1. The third kappa shape index (κ3) is 7.96. The van der Waals surface area contributed by atoms with Crippen molar-refractivity contribution in [3.8, 4) is 5.75 Å². The van der Waals surface area contributed by atoms with Gasteiger partial charge in [0.1, 0.15) is 18.3 Å². The van der Waals surface area contributed by atoms with Gasteiger partial charge in [-0.25, -0.2) is 8.42 Å². The highest BCUT2D eigenvalue weighted by Gasteiger charge is 2.34. The quantitative estimate of drug-likeness (QED) is 0.241. The Morgan fingerprint density at radius 3 is 2.14 bits per heavy atom. The molecule has 0 fully saturated rings. The predicted molar refractivity (Wildman–Crippen MR) is 168 cm³/mol. The van der Waals surface area contributed by atoms with Crippen molar-refractivity contribution in [3.63, 3.8) is 0 Å². The number of ether oxygens (including phenoxy) is 1. The van der Waals surface area contributed by atoms with E-state index in [0.717, 1.165) is 9.87 Å². The van der Waals surface area contributed by atoms with Gasteiger partial charge in [0.2, 0.25) is 11.8 Å². The molecule has 0 unspecified atom stereocenters. The number of benzene rings is 3. The van der Waals surface area contributed by atoms with Crippen LogP contribution in [0.4, 0.5) is 5.69 Å². The highest BCUT2D eigenvalue weighted by Crippen LogP contribution is 2.30. The predicted octanol–water partition coefficient (Wildman–Crippen LogP) is 6.23. The molecule has 226 valence electrons. The summed E-state index contributed by atoms with van der Waals surface area (Å²) < 4.78 is 34.4. The normalized spacial score (nSPS) is 12.7. The topological polar surface area (TPSA) is 96.0 Å². The van der Waals surface area contributed by atoms with Crippen molar-refractivity contribution >= 4 is 50.7 Å². The Balaban J connectivity index is 2.12. The second kappa shape index (κ2) is 14.8. The van der Waals surface area contributed by atoms with Crippen LogP contribution in [0.1, 0.15) is 44.7 Å². The second-order valence-corrected chi connectivity index (χ2v) is 12.7. The molecule has 8 nitrogen and oxygen atoms in total. The molecular weight excluding hydrogens is 597 g/mol. The van der Waals surface area contributed by atoms with Crippen molar-refractivity contribution in [2.24, 2.45) is 0 Å². The number of nitrogens with one attached hydrogen (secondary N) is 1. The molecule has 1 N–H and O–H groups in total. The lowest BCUT2D eigenvalue weighted by Gasteiger charge is -2.34. The first-order valence-electron chi connectivity index (χ1n) is 13.7. The number of halogens is 2. The smallest absolute Gasteiger partial charge is 0.264 e. The molecule has 0 bridgehead atoms. The van der Waals surface area contributed by atoms with Gasteiger partial charge in [0.15, 0.2) is 0 Å². The van der Waals surface area contributed by atoms with E-state index >= 15 is 0 Å². The summed E-state index contributed by atoms with van der Waals surface area (Å²) in [5.41, 5.74) is 1.58. The number of sulfonamides is 1. The van der Waals surface area contributed by atoms with Gasteiger partial charge in [0, 0.05) is 34.3 Å². The summed E-state index contributed by atoms with van der Waals surface area (Å²) >= 11 is 12.9. The highest BCUT2D eigenvalue weighted by atomic mass is 35.5. The van der Waals surface area contributed by atoms with E-state index in [9.17, 15) is 18.0 Å². The monoisotopic (exact) mass is 633 g/mol. The van der Waals surface area contributed by atoms with Crippen LogP contribution in [0.2, 0.25) is 10.0 Å². The lowest BCUT2D eigenvalue weighted by molar-refractivity contribution is -0.140. The minimum Gasteiger partial charge on any atom is -0.497 e. The van der Waals surface area contributed by atoms with Crippen LogP contribution in [0.3, 0.4) is 0 Å². The summed E-state index contributed by atoms with van der Waals surface area (Å²) in [4.78, 5) is 29.0. The molecule has 3 aromatic rings. The standard InChI is InChI=1S/C31H37Cl2N3O5S/c1-6-22(4)34-31(38)29(7-2)35(19-26-27(32)12-9-13-28(26)33)30(37)20-36(23-10-8-11-24(18-23)41-5)42(39,40)25-16-14-21(3)15-17-25/h8-18,22,29H,6-7,19-20H2,1-5H3,(H,34,38)/t22-,29-/m0/s1. The Hall–Kier alpha value is -3.27. The minimum atomic E-state index is -4.21. The zero-order valence-corrected chi connectivity index (χ0v) is 26.8. The molecule has 0 aliphatic heterocycles. The van der Waals surface area contributed by atoms with Crippen molar-refractivity contribution in [1.29, 1.82) is 0 Å². The van der Waals surface area contributed by atoms with Gasteiger partial charge in [0.25, 0.3) is 10.0 Å². The van der Waals surface area contributed by atoms with Gasteiger partial charge in [-0.05, 0) is 63.1 Å². The molecular formula is C31H37Cl2N3O5S. The van der Waals surface area contributed by atoms with E-state index in [2.05, 4.69) is 5.32 Å². The van der Waals surface area contributed by atoms with E-state index in [1.165, 1.54) is 24.1 Å². The molecule has 2 atom stereocenters. The number of anilines is 1. The number of methoxy groups -OCH3 is 1. The fourth-order valence-corrected chi connectivity index (χ4v) is 6.27. The molecule has 0 saturated carbocycles. The second-order valence-electron chi connectivity index (χ2n) is 9.99. The Labute approximate surface area is 258 Å². The lowest BCUT2D eigenvalue weighted by atomic mass is 10.1. The Kier molecular flexibility index (Phi) is 11.7. The zero-order valence-electron chi connectivity index (χ0n) is 24.4. The van der Waals surface area contributed by atoms with Crippen LogP contribution in [0, 0.1) is 6.92 Å². The van der Waals surface area contributed by atoms with Gasteiger partial charge in [-0.3, -0.25) is 13.9 Å². The highest BCUT2D eigenvalue weighted by molar-refractivity contribution is 7.92. The van der Waals surface area contributed by atoms with Gasteiger partial charge in [-0.15, -0.1) is 0 Å². The maximum atomic E-state index is 14.2. The number of aryl methyl sites for hydroxylation is 1. The van der Waals surface area contributed by atoms with Gasteiger partial charge < -0.3 is 15.0 Å². The molecule has 0 aliphatic carbocycles. The van der Waals surface area contributed by atoms with E-state index in [0.29, 0.717) is 27.8 Å². The van der Waals surface area contributed by atoms with Crippen molar-refractivity contribution in [1.82, 2.24) is 10.2 Å². The molecule has 0 aliphatic rings. The molecule has 11 heteroatoms. The van der Waals surface area contributed by atoms with Gasteiger partial charge in [-0.1, -0.05) is 66.9 Å². The number of rotatable bonds is 13.